The van der Waals surface area contributed by atoms with Crippen molar-refractivity contribution in [3.63, 3.8) is 0 Å². The van der Waals surface area contributed by atoms with E-state index in [1.54, 1.807) is 18.2 Å². The molecule has 1 heterocycles. The van der Waals surface area contributed by atoms with Crippen LogP contribution < -0.4 is 9.47 Å². The number of hydrogen-bond donors (Lipinski definition) is 0. The predicted octanol–water partition coefficient (Wildman–Crippen LogP) is 2.68. The predicted molar refractivity (Wildman–Crippen MR) is 99.6 cm³/mol. The Morgan fingerprint density at radius 3 is 2.65 bits per heavy atom. The third-order valence-corrected chi connectivity index (χ3v) is 4.02. The van der Waals surface area contributed by atoms with Crippen molar-refractivity contribution in [3.8, 4) is 11.5 Å². The lowest BCUT2D eigenvalue weighted by molar-refractivity contribution is -0.137. The van der Waals surface area contributed by atoms with Gasteiger partial charge in [0.1, 0.15) is 11.5 Å². The molecule has 0 N–H and O–H groups in total. The van der Waals surface area contributed by atoms with Gasteiger partial charge in [-0.15, -0.1) is 0 Å². The monoisotopic (exact) mass is 354 g/mol. The summed E-state index contributed by atoms with van der Waals surface area (Å²) in [5.74, 6) is 1.41. The van der Waals surface area contributed by atoms with Crippen LogP contribution in [0, 0.1) is 0 Å². The molecule has 1 fully saturated rings. The van der Waals surface area contributed by atoms with Gasteiger partial charge in [-0.2, -0.15) is 0 Å². The van der Waals surface area contributed by atoms with Crippen molar-refractivity contribution in [1.29, 1.82) is 0 Å². The number of methoxy groups -OCH3 is 1. The van der Waals surface area contributed by atoms with Gasteiger partial charge in [0, 0.05) is 25.4 Å². The Hall–Kier alpha value is -2.86. The van der Waals surface area contributed by atoms with Crippen molar-refractivity contribution < 1.29 is 19.0 Å². The number of morpholine rings is 1. The molecule has 2 aromatic rings. The molecule has 0 saturated carbocycles. The van der Waals surface area contributed by atoms with E-state index in [1.807, 2.05) is 48.5 Å². The highest BCUT2D eigenvalue weighted by Gasteiger charge is 2.16. The van der Waals surface area contributed by atoms with Crippen LogP contribution in [0.25, 0.3) is 0 Å². The van der Waals surface area contributed by atoms with Crippen molar-refractivity contribution in [2.75, 3.05) is 40.0 Å². The Morgan fingerprint density at radius 1 is 1.15 bits per heavy atom. The summed E-state index contributed by atoms with van der Waals surface area (Å²) in [5, 5.41) is 0. The highest BCUT2D eigenvalue weighted by molar-refractivity contribution is 5.82. The molecule has 1 amide bonds. The summed E-state index contributed by atoms with van der Waals surface area (Å²) < 4.78 is 16.0. The van der Waals surface area contributed by atoms with E-state index in [9.17, 15) is 4.79 Å². The van der Waals surface area contributed by atoms with Gasteiger partial charge in [0.2, 0.25) is 0 Å². The van der Waals surface area contributed by atoms with Gasteiger partial charge < -0.3 is 19.1 Å². The van der Waals surface area contributed by atoms with Gasteiger partial charge in [-0.3, -0.25) is 9.79 Å². The molecule has 0 aliphatic carbocycles. The fraction of sp³-hybridized carbons (Fsp3) is 0.300. The van der Waals surface area contributed by atoms with Gasteiger partial charge in [-0.1, -0.05) is 6.07 Å². The van der Waals surface area contributed by atoms with E-state index >= 15 is 0 Å². The molecule has 3 rings (SSSR count). The SMILES string of the molecule is COc1cccc(N=Cc2ccc(OCC(=O)N3CCOCC3)cc2)c1. The lowest BCUT2D eigenvalue weighted by Crippen LogP contribution is -2.42. The number of ether oxygens (including phenoxy) is 3. The molecule has 0 aromatic heterocycles. The average Bonchev–Trinajstić information content (AvgIpc) is 2.72. The number of aliphatic imine (C=N–C) groups is 1. The van der Waals surface area contributed by atoms with Crippen LogP contribution in [-0.2, 0) is 9.53 Å². The first-order valence-electron chi connectivity index (χ1n) is 8.51. The molecule has 136 valence electrons. The fourth-order valence-corrected chi connectivity index (χ4v) is 2.54. The van der Waals surface area contributed by atoms with Crippen LogP contribution in [0.4, 0.5) is 5.69 Å². The maximum Gasteiger partial charge on any atom is 0.260 e. The lowest BCUT2D eigenvalue weighted by atomic mass is 10.2. The van der Waals surface area contributed by atoms with E-state index in [2.05, 4.69) is 4.99 Å². The summed E-state index contributed by atoms with van der Waals surface area (Å²) in [6, 6.07) is 15.0. The fourth-order valence-electron chi connectivity index (χ4n) is 2.54. The minimum Gasteiger partial charge on any atom is -0.497 e. The molecule has 1 saturated heterocycles. The topological polar surface area (TPSA) is 60.4 Å². The molecular weight excluding hydrogens is 332 g/mol. The van der Waals surface area contributed by atoms with Crippen molar-refractivity contribution in [2.24, 2.45) is 4.99 Å². The summed E-state index contributed by atoms with van der Waals surface area (Å²) in [6.07, 6.45) is 1.78. The number of amides is 1. The van der Waals surface area contributed by atoms with E-state index < -0.39 is 0 Å². The number of benzene rings is 2. The highest BCUT2D eigenvalue weighted by Crippen LogP contribution is 2.19. The van der Waals surface area contributed by atoms with Crippen molar-refractivity contribution in [3.05, 3.63) is 54.1 Å². The first-order valence-corrected chi connectivity index (χ1v) is 8.51. The summed E-state index contributed by atoms with van der Waals surface area (Å²) in [6.45, 7) is 2.47. The molecule has 0 atom stereocenters. The number of carbonyl (C=O) groups excluding carboxylic acids is 1. The van der Waals surface area contributed by atoms with Crippen LogP contribution in [0.1, 0.15) is 5.56 Å². The largest absolute Gasteiger partial charge is 0.497 e. The highest BCUT2D eigenvalue weighted by atomic mass is 16.5. The normalized spacial score (nSPS) is 14.4. The summed E-state index contributed by atoms with van der Waals surface area (Å²) >= 11 is 0. The van der Waals surface area contributed by atoms with Gasteiger partial charge in [0.25, 0.3) is 5.91 Å². The molecular formula is C20H22N2O4. The van der Waals surface area contributed by atoms with Crippen molar-refractivity contribution >= 4 is 17.8 Å². The van der Waals surface area contributed by atoms with Crippen molar-refractivity contribution in [2.45, 2.75) is 0 Å². The lowest BCUT2D eigenvalue weighted by Gasteiger charge is -2.26. The van der Waals surface area contributed by atoms with Crippen LogP contribution in [-0.4, -0.2) is 57.0 Å². The maximum atomic E-state index is 12.1. The molecule has 0 bridgehead atoms. The summed E-state index contributed by atoms with van der Waals surface area (Å²) in [7, 11) is 1.63. The Balaban J connectivity index is 1.52. The molecule has 2 aromatic carbocycles. The van der Waals surface area contributed by atoms with Crippen LogP contribution in [0.15, 0.2) is 53.5 Å². The van der Waals surface area contributed by atoms with Crippen LogP contribution in [0.5, 0.6) is 11.5 Å². The van der Waals surface area contributed by atoms with E-state index in [0.29, 0.717) is 32.1 Å². The van der Waals surface area contributed by atoms with Gasteiger partial charge in [-0.05, 0) is 42.0 Å². The van der Waals surface area contributed by atoms with E-state index in [0.717, 1.165) is 17.0 Å². The number of nitrogens with zero attached hydrogens (tertiary/aromatic N) is 2. The minimum absolute atomic E-state index is 0.0167. The Bertz CT molecular complexity index is 753. The Morgan fingerprint density at radius 2 is 1.92 bits per heavy atom. The number of hydrogen-bond acceptors (Lipinski definition) is 5. The van der Waals surface area contributed by atoms with E-state index in [-0.39, 0.29) is 12.5 Å². The third-order valence-electron chi connectivity index (χ3n) is 4.02. The second kappa shape index (κ2) is 9.01. The molecule has 1 aliphatic heterocycles. The second-order valence-corrected chi connectivity index (χ2v) is 5.81. The standard InChI is InChI=1S/C20H22N2O4/c1-24-19-4-2-3-17(13-19)21-14-16-5-7-18(8-6-16)26-15-20(23)22-9-11-25-12-10-22/h2-8,13-14H,9-12,15H2,1H3. The van der Waals surface area contributed by atoms with Gasteiger partial charge >= 0.3 is 0 Å². The van der Waals surface area contributed by atoms with Gasteiger partial charge in [-0.25, -0.2) is 0 Å². The van der Waals surface area contributed by atoms with Crippen LogP contribution in [0.2, 0.25) is 0 Å². The van der Waals surface area contributed by atoms with Crippen molar-refractivity contribution in [1.82, 2.24) is 4.90 Å². The maximum absolute atomic E-state index is 12.1. The quantitative estimate of drug-likeness (QED) is 0.749. The first-order chi connectivity index (χ1) is 12.7. The molecule has 6 nitrogen and oxygen atoms in total. The van der Waals surface area contributed by atoms with Gasteiger partial charge in [0.15, 0.2) is 6.61 Å². The van der Waals surface area contributed by atoms with E-state index in [4.69, 9.17) is 14.2 Å². The molecule has 0 radical (unpaired) electrons. The van der Waals surface area contributed by atoms with Gasteiger partial charge in [0.05, 0.1) is 26.0 Å². The van der Waals surface area contributed by atoms with Crippen LogP contribution in [0.3, 0.4) is 0 Å². The molecule has 26 heavy (non-hydrogen) atoms. The number of rotatable bonds is 6. The molecule has 0 unspecified atom stereocenters. The van der Waals surface area contributed by atoms with E-state index in [1.165, 1.54) is 0 Å². The minimum atomic E-state index is -0.0167. The third kappa shape index (κ3) is 5.07. The zero-order chi connectivity index (χ0) is 18.2. The molecule has 6 heteroatoms. The molecule has 0 spiro atoms. The average molecular weight is 354 g/mol. The second-order valence-electron chi connectivity index (χ2n) is 5.81. The zero-order valence-electron chi connectivity index (χ0n) is 14.8. The molecule has 1 aliphatic rings. The zero-order valence-corrected chi connectivity index (χ0v) is 14.8. The smallest absolute Gasteiger partial charge is 0.260 e. The Labute approximate surface area is 153 Å². The number of carbonyl (C=O) groups is 1. The van der Waals surface area contributed by atoms with Crippen LogP contribution >= 0.6 is 0 Å². The summed E-state index contributed by atoms with van der Waals surface area (Å²) in [4.78, 5) is 18.3. The first kappa shape index (κ1) is 17.9. The Kier molecular flexibility index (Phi) is 6.22. The summed E-state index contributed by atoms with van der Waals surface area (Å²) in [5.41, 5.74) is 1.76.